The largest absolute Gasteiger partial charge is 0.507 e. The first-order chi connectivity index (χ1) is 16.5. The number of aryl methyl sites for hydroxylation is 1. The maximum atomic E-state index is 12.7. The molecule has 0 unspecified atom stereocenters. The zero-order valence-electron chi connectivity index (χ0n) is 19.6. The van der Waals surface area contributed by atoms with Gasteiger partial charge in [-0.3, -0.25) is 0 Å². The minimum atomic E-state index is -0.305. The molecule has 3 aromatic rings. The molecule has 2 saturated heterocycles. The van der Waals surface area contributed by atoms with Crippen molar-refractivity contribution in [2.45, 2.75) is 38.3 Å². The number of aromatic hydroxyl groups is 1. The maximum absolute atomic E-state index is 12.7. The summed E-state index contributed by atoms with van der Waals surface area (Å²) in [5, 5.41) is 11.4. The lowest BCUT2D eigenvalue weighted by Gasteiger charge is -2.38. The van der Waals surface area contributed by atoms with E-state index in [9.17, 15) is 9.90 Å². The summed E-state index contributed by atoms with van der Waals surface area (Å²) in [7, 11) is 1.81. The van der Waals surface area contributed by atoms with Crippen molar-refractivity contribution in [1.29, 1.82) is 0 Å². The quantitative estimate of drug-likeness (QED) is 0.623. The Labute approximate surface area is 199 Å². The maximum Gasteiger partial charge on any atom is 0.410 e. The molecular formula is C26H30N4O4. The summed E-state index contributed by atoms with van der Waals surface area (Å²) in [6, 6.07) is 13.3. The summed E-state index contributed by atoms with van der Waals surface area (Å²) >= 11 is 0. The van der Waals surface area contributed by atoms with E-state index in [-0.39, 0.29) is 24.0 Å². The van der Waals surface area contributed by atoms with Gasteiger partial charge in [0.1, 0.15) is 17.7 Å². The normalized spacial score (nSPS) is 20.5. The number of hydrogen-bond donors (Lipinski definition) is 1. The van der Waals surface area contributed by atoms with Crippen LogP contribution in [0.4, 0.5) is 10.6 Å². The number of carbonyl (C=O) groups is 1. The van der Waals surface area contributed by atoms with Gasteiger partial charge in [-0.15, -0.1) is 0 Å². The second kappa shape index (κ2) is 9.46. The van der Waals surface area contributed by atoms with Gasteiger partial charge in [0.05, 0.1) is 30.3 Å². The lowest BCUT2D eigenvalue weighted by Crippen LogP contribution is -2.49. The van der Waals surface area contributed by atoms with Crippen molar-refractivity contribution < 1.29 is 19.4 Å². The first-order valence-corrected chi connectivity index (χ1v) is 11.8. The number of amides is 1. The summed E-state index contributed by atoms with van der Waals surface area (Å²) in [5.41, 5.74) is 2.54. The smallest absolute Gasteiger partial charge is 0.410 e. The standard InChI is InChI=1S/C26H30N4O4/c1-17-9-10-20-22(14-17)27-24(21-7-3-4-8-23(21)31)28-25(20)30-12-5-6-18(15-30)29(2)26(32)34-19-11-13-33-16-19/h3-4,7-10,14,18-19,31H,5-6,11-13,15-16H2,1-2H3/t18-,19-/m1/s1. The third-order valence-corrected chi connectivity index (χ3v) is 6.66. The van der Waals surface area contributed by atoms with Crippen LogP contribution in [-0.4, -0.2) is 71.6 Å². The molecule has 8 heteroatoms. The van der Waals surface area contributed by atoms with E-state index in [4.69, 9.17) is 19.4 Å². The summed E-state index contributed by atoms with van der Waals surface area (Å²) < 4.78 is 11.0. The monoisotopic (exact) mass is 462 g/mol. The predicted molar refractivity (Wildman–Crippen MR) is 130 cm³/mol. The Bertz CT molecular complexity index is 1190. The number of hydrogen-bond acceptors (Lipinski definition) is 7. The molecule has 0 bridgehead atoms. The van der Waals surface area contributed by atoms with E-state index >= 15 is 0 Å². The Morgan fingerprint density at radius 2 is 2.06 bits per heavy atom. The molecule has 0 aliphatic carbocycles. The molecule has 2 fully saturated rings. The van der Waals surface area contributed by atoms with Crippen LogP contribution >= 0.6 is 0 Å². The topological polar surface area (TPSA) is 88.0 Å². The zero-order valence-corrected chi connectivity index (χ0v) is 19.6. The molecule has 5 rings (SSSR count). The number of nitrogens with zero attached hydrogens (tertiary/aromatic N) is 4. The van der Waals surface area contributed by atoms with Crippen molar-refractivity contribution in [3.63, 3.8) is 0 Å². The molecule has 2 aliphatic heterocycles. The Kier molecular flexibility index (Phi) is 6.24. The molecule has 2 aliphatic rings. The summed E-state index contributed by atoms with van der Waals surface area (Å²) in [6.07, 6.45) is 2.11. The molecule has 1 N–H and O–H groups in total. The molecule has 178 valence electrons. The Hall–Kier alpha value is -3.39. The van der Waals surface area contributed by atoms with Gasteiger partial charge in [-0.25, -0.2) is 14.8 Å². The van der Waals surface area contributed by atoms with Crippen LogP contribution in [0, 0.1) is 6.92 Å². The van der Waals surface area contributed by atoms with Gasteiger partial charge >= 0.3 is 6.09 Å². The molecule has 3 heterocycles. The molecule has 2 atom stereocenters. The summed E-state index contributed by atoms with van der Waals surface area (Å²) in [4.78, 5) is 26.4. The lowest BCUT2D eigenvalue weighted by atomic mass is 10.0. The molecule has 34 heavy (non-hydrogen) atoms. The van der Waals surface area contributed by atoms with E-state index in [2.05, 4.69) is 17.0 Å². The number of piperidine rings is 1. The number of carbonyl (C=O) groups excluding carboxylic acids is 1. The number of phenols is 1. The van der Waals surface area contributed by atoms with E-state index in [0.717, 1.165) is 48.1 Å². The Balaban J connectivity index is 1.45. The van der Waals surface area contributed by atoms with E-state index in [1.165, 1.54) is 0 Å². The number of benzene rings is 2. The number of phenolic OH excluding ortho intramolecular Hbond substituents is 1. The number of aromatic nitrogens is 2. The number of ether oxygens (including phenoxy) is 2. The molecule has 0 radical (unpaired) electrons. The SMILES string of the molecule is Cc1ccc2c(N3CCC[C@@H](N(C)C(=O)O[C@@H]4CCOC4)C3)nc(-c3ccccc3O)nc2c1. The van der Waals surface area contributed by atoms with Crippen molar-refractivity contribution in [3.05, 3.63) is 48.0 Å². The molecule has 0 saturated carbocycles. The summed E-state index contributed by atoms with van der Waals surface area (Å²) in [5.74, 6) is 1.46. The fraction of sp³-hybridized carbons (Fsp3) is 0.423. The van der Waals surface area contributed by atoms with Crippen molar-refractivity contribution in [2.24, 2.45) is 0 Å². The first kappa shape index (κ1) is 22.4. The molecule has 1 aromatic heterocycles. The van der Waals surface area contributed by atoms with Crippen LogP contribution in [0.15, 0.2) is 42.5 Å². The van der Waals surface area contributed by atoms with Gasteiger partial charge in [0.25, 0.3) is 0 Å². The Morgan fingerprint density at radius 3 is 2.85 bits per heavy atom. The van der Waals surface area contributed by atoms with Gasteiger partial charge in [0.15, 0.2) is 5.82 Å². The van der Waals surface area contributed by atoms with Gasteiger partial charge < -0.3 is 24.4 Å². The van der Waals surface area contributed by atoms with Crippen LogP contribution in [0.1, 0.15) is 24.8 Å². The highest BCUT2D eigenvalue weighted by atomic mass is 16.6. The number of para-hydroxylation sites is 1. The highest BCUT2D eigenvalue weighted by molar-refractivity contribution is 5.92. The third-order valence-electron chi connectivity index (χ3n) is 6.66. The van der Waals surface area contributed by atoms with Gasteiger partial charge in [0, 0.05) is 31.9 Å². The van der Waals surface area contributed by atoms with Gasteiger partial charge in [0.2, 0.25) is 0 Å². The van der Waals surface area contributed by atoms with E-state index in [1.54, 1.807) is 24.1 Å². The van der Waals surface area contributed by atoms with Crippen LogP contribution in [0.3, 0.4) is 0 Å². The van der Waals surface area contributed by atoms with E-state index in [1.807, 2.05) is 25.1 Å². The summed E-state index contributed by atoms with van der Waals surface area (Å²) in [6.45, 7) is 4.62. The molecular weight excluding hydrogens is 432 g/mol. The number of likely N-dealkylation sites (N-methyl/N-ethyl adjacent to an activating group) is 1. The fourth-order valence-electron chi connectivity index (χ4n) is 4.69. The number of anilines is 1. The van der Waals surface area contributed by atoms with E-state index in [0.29, 0.717) is 31.1 Å². The average Bonchev–Trinajstić information content (AvgIpc) is 3.36. The lowest BCUT2D eigenvalue weighted by molar-refractivity contribution is 0.0496. The Morgan fingerprint density at radius 1 is 1.21 bits per heavy atom. The predicted octanol–water partition coefficient (Wildman–Crippen LogP) is 4.14. The van der Waals surface area contributed by atoms with Crippen LogP contribution in [0.5, 0.6) is 5.75 Å². The van der Waals surface area contributed by atoms with Crippen molar-refractivity contribution in [3.8, 4) is 17.1 Å². The highest BCUT2D eigenvalue weighted by Gasteiger charge is 2.31. The van der Waals surface area contributed by atoms with Crippen LogP contribution in [0.25, 0.3) is 22.3 Å². The molecule has 0 spiro atoms. The van der Waals surface area contributed by atoms with Gasteiger partial charge in [-0.05, 0) is 49.6 Å². The van der Waals surface area contributed by atoms with Crippen LogP contribution < -0.4 is 4.90 Å². The van der Waals surface area contributed by atoms with Gasteiger partial charge in [-0.1, -0.05) is 18.2 Å². The number of fused-ring (bicyclic) bond motifs is 1. The zero-order chi connectivity index (χ0) is 23.7. The molecule has 8 nitrogen and oxygen atoms in total. The molecule has 2 aromatic carbocycles. The molecule has 1 amide bonds. The minimum Gasteiger partial charge on any atom is -0.507 e. The minimum absolute atomic E-state index is 0.00705. The second-order valence-electron chi connectivity index (χ2n) is 9.13. The van der Waals surface area contributed by atoms with Crippen molar-refractivity contribution in [2.75, 3.05) is 38.3 Å². The van der Waals surface area contributed by atoms with E-state index < -0.39 is 0 Å². The van der Waals surface area contributed by atoms with Crippen molar-refractivity contribution >= 4 is 22.8 Å². The first-order valence-electron chi connectivity index (χ1n) is 11.8. The fourth-order valence-corrected chi connectivity index (χ4v) is 4.69. The second-order valence-corrected chi connectivity index (χ2v) is 9.13. The van der Waals surface area contributed by atoms with Gasteiger partial charge in [-0.2, -0.15) is 0 Å². The van der Waals surface area contributed by atoms with Crippen molar-refractivity contribution in [1.82, 2.24) is 14.9 Å². The third kappa shape index (κ3) is 4.50. The van der Waals surface area contributed by atoms with Crippen LogP contribution in [-0.2, 0) is 9.47 Å². The number of rotatable bonds is 4. The van der Waals surface area contributed by atoms with Crippen LogP contribution in [0.2, 0.25) is 0 Å². The highest BCUT2D eigenvalue weighted by Crippen LogP contribution is 2.33. The average molecular weight is 463 g/mol.